The quantitative estimate of drug-likeness (QED) is 0.355. The minimum absolute atomic E-state index is 0.0554. The molecule has 0 bridgehead atoms. The van der Waals surface area contributed by atoms with E-state index in [1.807, 2.05) is 24.8 Å². The normalized spacial score (nSPS) is 16.8. The van der Waals surface area contributed by atoms with Gasteiger partial charge in [0, 0.05) is 29.3 Å². The zero-order valence-electron chi connectivity index (χ0n) is 19.7. The summed E-state index contributed by atoms with van der Waals surface area (Å²) in [4.78, 5) is 38.4. The van der Waals surface area contributed by atoms with E-state index in [0.717, 1.165) is 35.9 Å². The van der Waals surface area contributed by atoms with E-state index in [4.69, 9.17) is 9.47 Å². The van der Waals surface area contributed by atoms with Crippen molar-refractivity contribution < 1.29 is 33.4 Å². The van der Waals surface area contributed by atoms with Crippen molar-refractivity contribution in [2.75, 3.05) is 43.8 Å². The Morgan fingerprint density at radius 3 is 2.79 bits per heavy atom. The molecule has 1 fully saturated rings. The molecule has 3 rings (SSSR count). The molecule has 2 aliphatic heterocycles. The lowest BCUT2D eigenvalue weighted by Crippen LogP contribution is -2.25. The molecule has 2 aliphatic rings. The number of methoxy groups -OCH3 is 1. The van der Waals surface area contributed by atoms with Crippen molar-refractivity contribution in [1.82, 2.24) is 4.90 Å². The number of anilines is 1. The lowest BCUT2D eigenvalue weighted by Gasteiger charge is -2.20. The highest BCUT2D eigenvalue weighted by atomic mass is 32.2. The standard InChI is InChI=1S/C24H31FN2O6S/c1-14(10-16(23(29)30)6-7-27-8-9-34-13-27)4-5-17-21(26-19(28)11-25)20-18(12-33-24(20)31)15(2)22(17)32-3/h4,16H,5-13H2,1-3H3,(H,26,28)(H,29,30)/b14-4+. The molecular formula is C24H31FN2O6S. The number of nitrogens with one attached hydrogen (secondary N) is 1. The Morgan fingerprint density at radius 1 is 1.41 bits per heavy atom. The van der Waals surface area contributed by atoms with Gasteiger partial charge in [0.2, 0.25) is 0 Å². The molecule has 8 nitrogen and oxygen atoms in total. The minimum atomic E-state index is -1.23. The number of allylic oxidation sites excluding steroid dienone is 2. The monoisotopic (exact) mass is 494 g/mol. The first-order valence-corrected chi connectivity index (χ1v) is 12.4. The van der Waals surface area contributed by atoms with Crippen molar-refractivity contribution in [3.8, 4) is 5.75 Å². The van der Waals surface area contributed by atoms with Crippen LogP contribution in [0, 0.1) is 12.8 Å². The SMILES string of the molecule is COc1c(C)c2c(c(NC(=O)CF)c1C/C=C(\C)CC(CCN1CCSC1)C(=O)O)C(=O)OC2. The molecule has 1 aromatic rings. The summed E-state index contributed by atoms with van der Waals surface area (Å²) in [6.45, 7) is 4.22. The molecule has 0 aliphatic carbocycles. The number of amides is 1. The molecule has 1 saturated heterocycles. The van der Waals surface area contributed by atoms with E-state index in [1.165, 1.54) is 7.11 Å². The van der Waals surface area contributed by atoms with Crippen molar-refractivity contribution in [1.29, 1.82) is 0 Å². The Balaban J connectivity index is 1.85. The molecule has 0 saturated carbocycles. The van der Waals surface area contributed by atoms with Gasteiger partial charge in [0.15, 0.2) is 6.67 Å². The Labute approximate surface area is 202 Å². The number of esters is 1. The van der Waals surface area contributed by atoms with Crippen LogP contribution in [0.4, 0.5) is 10.1 Å². The maximum Gasteiger partial charge on any atom is 0.341 e. The Morgan fingerprint density at radius 2 is 2.18 bits per heavy atom. The Hall–Kier alpha value is -2.59. The molecule has 1 amide bonds. The van der Waals surface area contributed by atoms with Gasteiger partial charge < -0.3 is 19.9 Å². The van der Waals surface area contributed by atoms with Crippen LogP contribution in [0.2, 0.25) is 0 Å². The van der Waals surface area contributed by atoms with Gasteiger partial charge in [0.1, 0.15) is 12.4 Å². The molecular weight excluding hydrogens is 463 g/mol. The maximum absolute atomic E-state index is 13.0. The molecule has 1 aromatic carbocycles. The topological polar surface area (TPSA) is 105 Å². The van der Waals surface area contributed by atoms with E-state index in [9.17, 15) is 23.9 Å². The summed E-state index contributed by atoms with van der Waals surface area (Å²) in [5, 5.41) is 12.2. The highest BCUT2D eigenvalue weighted by molar-refractivity contribution is 7.99. The van der Waals surface area contributed by atoms with Gasteiger partial charge >= 0.3 is 11.9 Å². The number of cyclic esters (lactones) is 1. The number of hydrogen-bond acceptors (Lipinski definition) is 7. The molecule has 0 aromatic heterocycles. The fraction of sp³-hybridized carbons (Fsp3) is 0.542. The summed E-state index contributed by atoms with van der Waals surface area (Å²) >= 11 is 1.85. The summed E-state index contributed by atoms with van der Waals surface area (Å²) in [5.41, 5.74) is 3.12. The van der Waals surface area contributed by atoms with Gasteiger partial charge in [-0.05, 0) is 45.2 Å². The summed E-state index contributed by atoms with van der Waals surface area (Å²) in [6.07, 6.45) is 3.09. The highest BCUT2D eigenvalue weighted by Crippen LogP contribution is 2.41. The number of nitrogens with zero attached hydrogens (tertiary/aromatic N) is 1. The highest BCUT2D eigenvalue weighted by Gasteiger charge is 2.32. The van der Waals surface area contributed by atoms with Gasteiger partial charge in [-0.3, -0.25) is 14.5 Å². The predicted octanol–water partition coefficient (Wildman–Crippen LogP) is 3.56. The molecule has 10 heteroatoms. The summed E-state index contributed by atoms with van der Waals surface area (Å²) in [7, 11) is 1.49. The first kappa shape index (κ1) is 26.0. The molecule has 1 atom stereocenters. The minimum Gasteiger partial charge on any atom is -0.496 e. The summed E-state index contributed by atoms with van der Waals surface area (Å²) < 4.78 is 23.8. The second-order valence-electron chi connectivity index (χ2n) is 8.56. The van der Waals surface area contributed by atoms with Gasteiger partial charge in [-0.1, -0.05) is 11.6 Å². The van der Waals surface area contributed by atoms with E-state index in [0.29, 0.717) is 29.7 Å². The first-order valence-electron chi connectivity index (χ1n) is 11.2. The number of thioether (sulfide) groups is 1. The van der Waals surface area contributed by atoms with Crippen molar-refractivity contribution in [3.63, 3.8) is 0 Å². The Kier molecular flexibility index (Phi) is 8.96. The van der Waals surface area contributed by atoms with E-state index < -0.39 is 30.4 Å². The van der Waals surface area contributed by atoms with E-state index in [2.05, 4.69) is 10.2 Å². The zero-order chi connectivity index (χ0) is 24.8. The van der Waals surface area contributed by atoms with Crippen molar-refractivity contribution in [3.05, 3.63) is 33.9 Å². The van der Waals surface area contributed by atoms with Crippen LogP contribution in [-0.4, -0.2) is 66.4 Å². The van der Waals surface area contributed by atoms with Gasteiger partial charge in [-0.2, -0.15) is 0 Å². The average Bonchev–Trinajstić information content (AvgIpc) is 3.46. The number of carbonyl (C=O) groups excluding carboxylic acids is 2. The molecule has 186 valence electrons. The third-order valence-electron chi connectivity index (χ3n) is 6.25. The van der Waals surface area contributed by atoms with Gasteiger partial charge in [0.25, 0.3) is 5.91 Å². The Bertz CT molecular complexity index is 990. The largest absolute Gasteiger partial charge is 0.496 e. The molecule has 2 heterocycles. The second-order valence-corrected chi connectivity index (χ2v) is 9.64. The van der Waals surface area contributed by atoms with E-state index in [-0.39, 0.29) is 24.3 Å². The van der Waals surface area contributed by atoms with Crippen LogP contribution in [0.5, 0.6) is 5.75 Å². The van der Waals surface area contributed by atoms with Crippen LogP contribution in [0.1, 0.15) is 46.8 Å². The van der Waals surface area contributed by atoms with Gasteiger partial charge in [-0.15, -0.1) is 11.8 Å². The molecule has 34 heavy (non-hydrogen) atoms. The molecule has 0 radical (unpaired) electrons. The van der Waals surface area contributed by atoms with Crippen molar-refractivity contribution >= 4 is 35.3 Å². The average molecular weight is 495 g/mol. The smallest absolute Gasteiger partial charge is 0.341 e. The van der Waals surface area contributed by atoms with Crippen molar-refractivity contribution in [2.24, 2.45) is 5.92 Å². The number of benzene rings is 1. The molecule has 1 unspecified atom stereocenters. The number of fused-ring (bicyclic) bond motifs is 1. The third-order valence-corrected chi connectivity index (χ3v) is 7.27. The zero-order valence-corrected chi connectivity index (χ0v) is 20.6. The van der Waals surface area contributed by atoms with Crippen molar-refractivity contribution in [2.45, 2.75) is 39.7 Å². The number of carboxylic acids is 1. The van der Waals surface area contributed by atoms with E-state index >= 15 is 0 Å². The number of alkyl halides is 1. The van der Waals surface area contributed by atoms with Gasteiger partial charge in [-0.25, -0.2) is 9.18 Å². The van der Waals surface area contributed by atoms with Crippen LogP contribution in [-0.2, 0) is 27.4 Å². The van der Waals surface area contributed by atoms with Crippen LogP contribution >= 0.6 is 11.8 Å². The number of halogens is 1. The first-order chi connectivity index (χ1) is 16.3. The number of hydrogen-bond donors (Lipinski definition) is 2. The lowest BCUT2D eigenvalue weighted by atomic mass is 9.92. The molecule has 0 spiro atoms. The second kappa shape index (κ2) is 11.7. The predicted molar refractivity (Wildman–Crippen MR) is 128 cm³/mol. The van der Waals surface area contributed by atoms with Crippen LogP contribution in [0.15, 0.2) is 11.6 Å². The summed E-state index contributed by atoms with van der Waals surface area (Å²) in [6, 6.07) is 0. The fourth-order valence-electron chi connectivity index (χ4n) is 4.39. The third kappa shape index (κ3) is 5.90. The van der Waals surface area contributed by atoms with E-state index in [1.54, 1.807) is 6.92 Å². The van der Waals surface area contributed by atoms with Crippen LogP contribution < -0.4 is 10.1 Å². The molecule has 2 N–H and O–H groups in total. The lowest BCUT2D eigenvalue weighted by molar-refractivity contribution is -0.142. The number of carbonyl (C=O) groups is 3. The van der Waals surface area contributed by atoms with Crippen LogP contribution in [0.3, 0.4) is 0 Å². The number of ether oxygens (including phenoxy) is 2. The number of carboxylic acid groups (broad SMARTS) is 1. The summed E-state index contributed by atoms with van der Waals surface area (Å²) in [5.74, 6) is -0.294. The fourth-order valence-corrected chi connectivity index (χ4v) is 5.42. The maximum atomic E-state index is 13.0. The van der Waals surface area contributed by atoms with Crippen LogP contribution in [0.25, 0.3) is 0 Å². The number of aliphatic carboxylic acids is 1. The number of rotatable bonds is 11. The van der Waals surface area contributed by atoms with Gasteiger partial charge in [0.05, 0.1) is 24.3 Å².